The lowest BCUT2D eigenvalue weighted by molar-refractivity contribution is -0.142. The Kier molecular flexibility index (Phi) is 10.6. The number of likely N-dealkylation sites (N-methyl/N-ethyl adjacent to an activating group) is 1. The maximum Gasteiger partial charge on any atom is 0.331 e. The molecule has 1 aliphatic rings. The summed E-state index contributed by atoms with van der Waals surface area (Å²) in [6, 6.07) is -1.10. The molecule has 4 atom stereocenters. The molecule has 0 bridgehead atoms. The first-order chi connectivity index (χ1) is 15.1. The van der Waals surface area contributed by atoms with Crippen molar-refractivity contribution in [3.05, 3.63) is 11.6 Å². The van der Waals surface area contributed by atoms with Crippen molar-refractivity contribution in [3.63, 3.8) is 0 Å². The van der Waals surface area contributed by atoms with Crippen LogP contribution in [0.3, 0.4) is 0 Å². The number of carbonyl (C=O) groups excluding carboxylic acids is 2. The molecule has 1 aliphatic heterocycles. The second-order valence-electron chi connectivity index (χ2n) is 11.3. The molecule has 1 rings (SSSR count). The molecule has 0 saturated carbocycles. The van der Waals surface area contributed by atoms with Gasteiger partial charge in [0, 0.05) is 25.2 Å². The average Bonchev–Trinajstić information content (AvgIpc) is 2.72. The Hall–Kier alpha value is -1.89. The van der Waals surface area contributed by atoms with Gasteiger partial charge in [0.1, 0.15) is 6.04 Å². The molecule has 3 unspecified atom stereocenters. The SMILES string of the molecule is CCC1CCC(C(=O)NC(C(=O)N(C)[C@H](/C=C(\C)C(=O)O)C(C)C)C(C)(C)C)N(C(C)C)C1. The Morgan fingerprint density at radius 2 is 1.73 bits per heavy atom. The Morgan fingerprint density at radius 1 is 1.15 bits per heavy atom. The predicted octanol–water partition coefficient (Wildman–Crippen LogP) is 3.93. The first-order valence-corrected chi connectivity index (χ1v) is 12.4. The lowest BCUT2D eigenvalue weighted by Gasteiger charge is -2.43. The quantitative estimate of drug-likeness (QED) is 0.504. The molecule has 0 aromatic heterocycles. The van der Waals surface area contributed by atoms with E-state index >= 15 is 0 Å². The highest BCUT2D eigenvalue weighted by atomic mass is 16.4. The lowest BCUT2D eigenvalue weighted by atomic mass is 9.84. The summed E-state index contributed by atoms with van der Waals surface area (Å²) >= 11 is 0. The van der Waals surface area contributed by atoms with Crippen molar-refractivity contribution in [2.45, 2.75) is 106 Å². The largest absolute Gasteiger partial charge is 0.478 e. The number of carboxylic acid groups (broad SMARTS) is 1. The van der Waals surface area contributed by atoms with Crippen molar-refractivity contribution < 1.29 is 19.5 Å². The highest BCUT2D eigenvalue weighted by Crippen LogP contribution is 2.28. The highest BCUT2D eigenvalue weighted by Gasteiger charge is 2.40. The maximum atomic E-state index is 13.6. The summed E-state index contributed by atoms with van der Waals surface area (Å²) in [5, 5.41) is 12.4. The van der Waals surface area contributed by atoms with E-state index in [-0.39, 0.29) is 41.4 Å². The number of nitrogens with zero attached hydrogens (tertiary/aromatic N) is 2. The van der Waals surface area contributed by atoms with Gasteiger partial charge in [-0.2, -0.15) is 0 Å². The molecule has 1 heterocycles. The zero-order valence-electron chi connectivity index (χ0n) is 22.4. The minimum absolute atomic E-state index is 0.0188. The molecule has 0 aliphatic carbocycles. The molecule has 7 heteroatoms. The number of hydrogen-bond acceptors (Lipinski definition) is 4. The fraction of sp³-hybridized carbons (Fsp3) is 0.808. The van der Waals surface area contributed by atoms with Gasteiger partial charge in [-0.3, -0.25) is 14.5 Å². The number of likely N-dealkylation sites (tertiary alicyclic amines) is 1. The van der Waals surface area contributed by atoms with Crippen molar-refractivity contribution >= 4 is 17.8 Å². The summed E-state index contributed by atoms with van der Waals surface area (Å²) in [7, 11) is 1.69. The number of carboxylic acids is 1. The molecular formula is C26H47N3O4. The van der Waals surface area contributed by atoms with Crippen LogP contribution in [0.5, 0.6) is 0 Å². The standard InChI is InChI=1S/C26H47N3O4/c1-11-19-12-13-20(29(15-19)17(4)5)23(30)27-22(26(7,8)9)24(31)28(10)21(16(2)3)14-18(6)25(32)33/h14,16-17,19-22H,11-13,15H2,1-10H3,(H,27,30)(H,32,33)/b18-14+/t19?,20?,21-,22?/m1/s1. The van der Waals surface area contributed by atoms with Crippen LogP contribution < -0.4 is 5.32 Å². The van der Waals surface area contributed by atoms with Gasteiger partial charge in [-0.05, 0) is 50.9 Å². The van der Waals surface area contributed by atoms with Crippen LogP contribution in [0.2, 0.25) is 0 Å². The van der Waals surface area contributed by atoms with E-state index in [1.165, 1.54) is 6.92 Å². The van der Waals surface area contributed by atoms with Crippen LogP contribution in [-0.2, 0) is 14.4 Å². The minimum atomic E-state index is -1.00. The first kappa shape index (κ1) is 29.1. The van der Waals surface area contributed by atoms with E-state index in [4.69, 9.17) is 0 Å². The van der Waals surface area contributed by atoms with Crippen LogP contribution >= 0.6 is 0 Å². The van der Waals surface area contributed by atoms with E-state index in [9.17, 15) is 19.5 Å². The Morgan fingerprint density at radius 3 is 2.15 bits per heavy atom. The molecule has 190 valence electrons. The normalized spacial score (nSPS) is 22.2. The number of aliphatic carboxylic acids is 1. The molecule has 0 radical (unpaired) electrons. The third-order valence-electron chi connectivity index (χ3n) is 6.90. The maximum absolute atomic E-state index is 13.6. The Balaban J connectivity index is 3.17. The second kappa shape index (κ2) is 12.0. The topological polar surface area (TPSA) is 90.0 Å². The molecule has 7 nitrogen and oxygen atoms in total. The summed E-state index contributed by atoms with van der Waals surface area (Å²) in [5.41, 5.74) is -0.304. The summed E-state index contributed by atoms with van der Waals surface area (Å²) in [5.74, 6) is -0.691. The van der Waals surface area contributed by atoms with Crippen LogP contribution in [0, 0.1) is 17.3 Å². The Labute approximate surface area is 201 Å². The van der Waals surface area contributed by atoms with E-state index in [0.29, 0.717) is 5.92 Å². The van der Waals surface area contributed by atoms with Gasteiger partial charge in [-0.25, -0.2) is 4.79 Å². The van der Waals surface area contributed by atoms with Gasteiger partial charge >= 0.3 is 5.97 Å². The third-order valence-corrected chi connectivity index (χ3v) is 6.90. The van der Waals surface area contributed by atoms with Gasteiger partial charge < -0.3 is 15.3 Å². The van der Waals surface area contributed by atoms with Gasteiger partial charge in [-0.15, -0.1) is 0 Å². The van der Waals surface area contributed by atoms with Crippen LogP contribution in [0.15, 0.2) is 11.6 Å². The van der Waals surface area contributed by atoms with Crippen LogP contribution in [0.25, 0.3) is 0 Å². The van der Waals surface area contributed by atoms with E-state index in [2.05, 4.69) is 31.0 Å². The number of carbonyl (C=O) groups is 3. The van der Waals surface area contributed by atoms with Gasteiger partial charge in [0.2, 0.25) is 11.8 Å². The van der Waals surface area contributed by atoms with Crippen molar-refractivity contribution in [2.75, 3.05) is 13.6 Å². The zero-order valence-corrected chi connectivity index (χ0v) is 22.4. The number of nitrogens with one attached hydrogen (secondary N) is 1. The lowest BCUT2D eigenvalue weighted by Crippen LogP contribution is -2.61. The molecule has 2 N–H and O–H groups in total. The van der Waals surface area contributed by atoms with Crippen LogP contribution in [0.1, 0.15) is 81.6 Å². The summed E-state index contributed by atoms with van der Waals surface area (Å²) in [6.45, 7) is 18.6. The summed E-state index contributed by atoms with van der Waals surface area (Å²) in [6.07, 6.45) is 4.53. The van der Waals surface area contributed by atoms with Gasteiger partial charge in [0.05, 0.1) is 12.1 Å². The third kappa shape index (κ3) is 7.83. The summed E-state index contributed by atoms with van der Waals surface area (Å²) < 4.78 is 0. The number of rotatable bonds is 9. The molecule has 1 fully saturated rings. The van der Waals surface area contributed by atoms with E-state index in [1.54, 1.807) is 18.0 Å². The van der Waals surface area contributed by atoms with Gasteiger partial charge in [0.25, 0.3) is 0 Å². The van der Waals surface area contributed by atoms with E-state index < -0.39 is 17.4 Å². The monoisotopic (exact) mass is 465 g/mol. The fourth-order valence-electron chi connectivity index (χ4n) is 4.58. The average molecular weight is 466 g/mol. The second-order valence-corrected chi connectivity index (χ2v) is 11.3. The van der Waals surface area contributed by atoms with Crippen LogP contribution in [-0.4, -0.2) is 70.4 Å². The Bertz CT molecular complexity index is 724. The molecule has 0 aromatic carbocycles. The molecular weight excluding hydrogens is 418 g/mol. The van der Waals surface area contributed by atoms with Crippen molar-refractivity contribution in [3.8, 4) is 0 Å². The first-order valence-electron chi connectivity index (χ1n) is 12.4. The van der Waals surface area contributed by atoms with E-state index in [1.807, 2.05) is 34.6 Å². The summed E-state index contributed by atoms with van der Waals surface area (Å²) in [4.78, 5) is 42.3. The smallest absolute Gasteiger partial charge is 0.331 e. The minimum Gasteiger partial charge on any atom is -0.478 e. The van der Waals surface area contributed by atoms with Gasteiger partial charge in [-0.1, -0.05) is 54.0 Å². The highest BCUT2D eigenvalue weighted by molar-refractivity contribution is 5.91. The zero-order chi connectivity index (χ0) is 25.7. The number of piperidine rings is 1. The molecule has 0 aromatic rings. The van der Waals surface area contributed by atoms with Gasteiger partial charge in [0.15, 0.2) is 0 Å². The molecule has 1 saturated heterocycles. The number of hydrogen-bond donors (Lipinski definition) is 2. The number of amides is 2. The molecule has 0 spiro atoms. The van der Waals surface area contributed by atoms with Crippen molar-refractivity contribution in [1.82, 2.24) is 15.1 Å². The van der Waals surface area contributed by atoms with Crippen molar-refractivity contribution in [1.29, 1.82) is 0 Å². The predicted molar refractivity (Wildman–Crippen MR) is 133 cm³/mol. The molecule has 2 amide bonds. The van der Waals surface area contributed by atoms with Crippen LogP contribution in [0.4, 0.5) is 0 Å². The van der Waals surface area contributed by atoms with Crippen molar-refractivity contribution in [2.24, 2.45) is 17.3 Å². The molecule has 33 heavy (non-hydrogen) atoms. The fourth-order valence-corrected chi connectivity index (χ4v) is 4.58. The van der Waals surface area contributed by atoms with E-state index in [0.717, 1.165) is 25.8 Å².